The Kier molecular flexibility index (Phi) is 4.53. The van der Waals surface area contributed by atoms with Gasteiger partial charge in [0.05, 0.1) is 0 Å². The molecule has 0 amide bonds. The van der Waals surface area contributed by atoms with Crippen molar-refractivity contribution in [2.75, 3.05) is 0 Å². The molecular weight excluding hydrogens is 384 g/mol. The van der Waals surface area contributed by atoms with Crippen LogP contribution in [0.3, 0.4) is 0 Å². The summed E-state index contributed by atoms with van der Waals surface area (Å²) in [5.41, 5.74) is 6.08. The summed E-state index contributed by atoms with van der Waals surface area (Å²) >= 11 is 6.18. The zero-order chi connectivity index (χ0) is 20.1. The van der Waals surface area contributed by atoms with Crippen LogP contribution in [0.2, 0.25) is 5.02 Å². The van der Waals surface area contributed by atoms with Crippen LogP contribution < -0.4 is 0 Å². The molecule has 1 heteroatoms. The van der Waals surface area contributed by atoms with Crippen molar-refractivity contribution in [2.24, 2.45) is 17.8 Å². The zero-order valence-electron chi connectivity index (χ0n) is 17.4. The topological polar surface area (TPSA) is 0 Å². The minimum absolute atomic E-state index is 0.244. The lowest BCUT2D eigenvalue weighted by atomic mass is 9.48. The standard InChI is InChI=1S/C29H29Cl/c30-27-12-8-25(9-13-27)28(23-4-2-1-3-5-23)24-6-10-26(11-7-24)29-17-20-14-21(18-29)16-22(15-20)19-29/h1-13,20-22,28H,14-19H2. The second-order valence-electron chi connectivity index (χ2n) is 10.2. The summed E-state index contributed by atoms with van der Waals surface area (Å²) in [6.07, 6.45) is 8.80. The SMILES string of the molecule is Clc1ccc(C(c2ccccc2)c2ccc(C34CC5CC(CC(C5)C3)C4)cc2)cc1. The molecule has 4 aliphatic rings. The average molecular weight is 413 g/mol. The van der Waals surface area contributed by atoms with Crippen molar-refractivity contribution in [3.05, 3.63) is 106 Å². The number of halogens is 1. The molecule has 30 heavy (non-hydrogen) atoms. The molecule has 0 N–H and O–H groups in total. The van der Waals surface area contributed by atoms with E-state index in [-0.39, 0.29) is 5.92 Å². The van der Waals surface area contributed by atoms with E-state index < -0.39 is 0 Å². The highest BCUT2D eigenvalue weighted by Crippen LogP contribution is 2.60. The Hall–Kier alpha value is -2.05. The van der Waals surface area contributed by atoms with Gasteiger partial charge in [0, 0.05) is 10.9 Å². The Bertz CT molecular complexity index is 981. The minimum atomic E-state index is 0.244. The van der Waals surface area contributed by atoms with E-state index in [0.717, 1.165) is 22.8 Å². The predicted octanol–water partition coefficient (Wildman–Crippen LogP) is 7.99. The fourth-order valence-electron chi connectivity index (χ4n) is 7.37. The molecule has 0 spiro atoms. The van der Waals surface area contributed by atoms with E-state index in [0.29, 0.717) is 5.41 Å². The van der Waals surface area contributed by atoms with Crippen LogP contribution in [0, 0.1) is 17.8 Å². The molecule has 3 aromatic rings. The second-order valence-corrected chi connectivity index (χ2v) is 10.7. The molecule has 4 bridgehead atoms. The van der Waals surface area contributed by atoms with Gasteiger partial charge >= 0.3 is 0 Å². The van der Waals surface area contributed by atoms with E-state index in [1.54, 1.807) is 5.56 Å². The van der Waals surface area contributed by atoms with Crippen molar-refractivity contribution in [2.45, 2.75) is 49.9 Å². The summed E-state index contributed by atoms with van der Waals surface area (Å²) in [6, 6.07) is 29.0. The molecule has 4 aliphatic carbocycles. The quantitative estimate of drug-likeness (QED) is 0.381. The van der Waals surface area contributed by atoms with E-state index in [4.69, 9.17) is 11.6 Å². The van der Waals surface area contributed by atoms with Crippen LogP contribution in [0.15, 0.2) is 78.9 Å². The van der Waals surface area contributed by atoms with Gasteiger partial charge in [0.15, 0.2) is 0 Å². The van der Waals surface area contributed by atoms with E-state index in [1.165, 1.54) is 55.2 Å². The minimum Gasteiger partial charge on any atom is -0.0843 e. The highest BCUT2D eigenvalue weighted by molar-refractivity contribution is 6.30. The molecule has 0 nitrogen and oxygen atoms in total. The molecule has 152 valence electrons. The molecule has 0 heterocycles. The molecule has 0 saturated heterocycles. The largest absolute Gasteiger partial charge is 0.0843 e. The van der Waals surface area contributed by atoms with E-state index in [2.05, 4.69) is 66.7 Å². The second kappa shape index (κ2) is 7.27. The van der Waals surface area contributed by atoms with Crippen LogP contribution in [0.4, 0.5) is 0 Å². The molecule has 0 aromatic heterocycles. The third kappa shape index (κ3) is 3.21. The summed E-state index contributed by atoms with van der Waals surface area (Å²) in [5, 5.41) is 0.794. The van der Waals surface area contributed by atoms with Crippen LogP contribution in [0.25, 0.3) is 0 Å². The first kappa shape index (κ1) is 18.7. The van der Waals surface area contributed by atoms with Crippen LogP contribution >= 0.6 is 11.6 Å². The van der Waals surface area contributed by atoms with Gasteiger partial charge in [-0.1, -0.05) is 78.3 Å². The van der Waals surface area contributed by atoms with Crippen molar-refractivity contribution < 1.29 is 0 Å². The fourth-order valence-corrected chi connectivity index (χ4v) is 7.50. The third-order valence-corrected chi connectivity index (χ3v) is 8.48. The number of benzene rings is 3. The van der Waals surface area contributed by atoms with Gasteiger partial charge in [-0.25, -0.2) is 0 Å². The maximum absolute atomic E-state index is 6.18. The van der Waals surface area contributed by atoms with Gasteiger partial charge < -0.3 is 0 Å². The highest BCUT2D eigenvalue weighted by Gasteiger charge is 2.51. The number of hydrogen-bond donors (Lipinski definition) is 0. The lowest BCUT2D eigenvalue weighted by Crippen LogP contribution is -2.48. The van der Waals surface area contributed by atoms with Crippen LogP contribution in [-0.4, -0.2) is 0 Å². The predicted molar refractivity (Wildman–Crippen MR) is 125 cm³/mol. The van der Waals surface area contributed by atoms with Crippen molar-refractivity contribution in [3.63, 3.8) is 0 Å². The fraction of sp³-hybridized carbons (Fsp3) is 0.379. The summed E-state index contributed by atoms with van der Waals surface area (Å²) in [7, 11) is 0. The van der Waals surface area contributed by atoms with Gasteiger partial charge in [-0.3, -0.25) is 0 Å². The molecule has 7 rings (SSSR count). The van der Waals surface area contributed by atoms with Crippen molar-refractivity contribution in [1.29, 1.82) is 0 Å². The van der Waals surface area contributed by atoms with Gasteiger partial charge in [0.25, 0.3) is 0 Å². The smallest absolute Gasteiger partial charge is 0.0406 e. The first-order chi connectivity index (χ1) is 14.7. The Morgan fingerprint density at radius 3 is 1.60 bits per heavy atom. The van der Waals surface area contributed by atoms with E-state index >= 15 is 0 Å². The summed E-state index contributed by atoms with van der Waals surface area (Å²) in [5.74, 6) is 3.21. The van der Waals surface area contributed by atoms with Crippen molar-refractivity contribution >= 4 is 11.6 Å². The maximum Gasteiger partial charge on any atom is 0.0406 e. The Morgan fingerprint density at radius 1 is 0.600 bits per heavy atom. The maximum atomic E-state index is 6.18. The summed E-state index contributed by atoms with van der Waals surface area (Å²) < 4.78 is 0. The third-order valence-electron chi connectivity index (χ3n) is 8.23. The molecule has 4 saturated carbocycles. The average Bonchev–Trinajstić information content (AvgIpc) is 2.76. The molecule has 1 unspecified atom stereocenters. The lowest BCUT2D eigenvalue weighted by molar-refractivity contribution is -0.00519. The first-order valence-electron chi connectivity index (χ1n) is 11.6. The van der Waals surface area contributed by atoms with E-state index in [1.807, 2.05) is 12.1 Å². The lowest BCUT2D eigenvalue weighted by Gasteiger charge is -2.57. The van der Waals surface area contributed by atoms with Gasteiger partial charge in [-0.05, 0) is 96.1 Å². The van der Waals surface area contributed by atoms with Gasteiger partial charge in [-0.2, -0.15) is 0 Å². The van der Waals surface area contributed by atoms with E-state index in [9.17, 15) is 0 Å². The van der Waals surface area contributed by atoms with Gasteiger partial charge in [0.1, 0.15) is 0 Å². The van der Waals surface area contributed by atoms with Crippen LogP contribution in [-0.2, 0) is 5.41 Å². The molecule has 0 radical (unpaired) electrons. The molecule has 4 fully saturated rings. The monoisotopic (exact) mass is 412 g/mol. The first-order valence-corrected chi connectivity index (χ1v) is 12.0. The van der Waals surface area contributed by atoms with Gasteiger partial charge in [0.2, 0.25) is 0 Å². The summed E-state index contributed by atoms with van der Waals surface area (Å²) in [4.78, 5) is 0. The molecule has 3 aromatic carbocycles. The zero-order valence-corrected chi connectivity index (χ0v) is 18.2. The molecule has 1 atom stereocenters. The highest BCUT2D eigenvalue weighted by atomic mass is 35.5. The van der Waals surface area contributed by atoms with Crippen LogP contribution in [0.1, 0.15) is 66.7 Å². The normalized spacial score (nSPS) is 30.4. The number of rotatable bonds is 4. The molecular formula is C29H29Cl. The van der Waals surface area contributed by atoms with Crippen LogP contribution in [0.5, 0.6) is 0 Å². The number of hydrogen-bond acceptors (Lipinski definition) is 0. The van der Waals surface area contributed by atoms with Gasteiger partial charge in [-0.15, -0.1) is 0 Å². The Morgan fingerprint density at radius 2 is 1.07 bits per heavy atom. The Labute approximate surface area is 185 Å². The van der Waals surface area contributed by atoms with Crippen molar-refractivity contribution in [1.82, 2.24) is 0 Å². The summed E-state index contributed by atoms with van der Waals surface area (Å²) in [6.45, 7) is 0. The van der Waals surface area contributed by atoms with Crippen molar-refractivity contribution in [3.8, 4) is 0 Å². The molecule has 0 aliphatic heterocycles. The Balaban J connectivity index is 1.37.